The summed E-state index contributed by atoms with van der Waals surface area (Å²) < 4.78 is 6.54. The zero-order valence-corrected chi connectivity index (χ0v) is 15.2. The highest BCUT2D eigenvalue weighted by molar-refractivity contribution is 5.98. The number of piperazine rings is 1. The molecule has 9 heteroatoms. The molecule has 1 amide bonds. The van der Waals surface area contributed by atoms with Gasteiger partial charge < -0.3 is 19.5 Å². The van der Waals surface area contributed by atoms with Crippen LogP contribution < -0.4 is 15.2 Å². The first kappa shape index (κ1) is 17.1. The van der Waals surface area contributed by atoms with E-state index in [1.807, 2.05) is 24.3 Å². The number of aromatic nitrogens is 4. The van der Waals surface area contributed by atoms with Crippen molar-refractivity contribution in [2.45, 2.75) is 6.92 Å². The Morgan fingerprint density at radius 2 is 1.85 bits per heavy atom. The number of anilines is 1. The second-order valence-electron chi connectivity index (χ2n) is 6.47. The van der Waals surface area contributed by atoms with Crippen molar-refractivity contribution in [3.05, 3.63) is 52.2 Å². The number of fused-ring (bicyclic) bond motifs is 1. The summed E-state index contributed by atoms with van der Waals surface area (Å²) >= 11 is 0. The number of H-pyrrole nitrogens is 1. The van der Waals surface area contributed by atoms with Gasteiger partial charge in [-0.1, -0.05) is 5.21 Å². The van der Waals surface area contributed by atoms with E-state index in [4.69, 9.17) is 4.74 Å². The van der Waals surface area contributed by atoms with Crippen molar-refractivity contribution in [1.29, 1.82) is 0 Å². The quantitative estimate of drug-likeness (QED) is 0.731. The molecule has 27 heavy (non-hydrogen) atoms. The van der Waals surface area contributed by atoms with Gasteiger partial charge in [0.25, 0.3) is 11.5 Å². The second-order valence-corrected chi connectivity index (χ2v) is 6.47. The first-order valence-electron chi connectivity index (χ1n) is 8.70. The Balaban J connectivity index is 1.49. The Hall–Kier alpha value is -3.36. The Morgan fingerprint density at radius 1 is 1.15 bits per heavy atom. The molecule has 3 heterocycles. The van der Waals surface area contributed by atoms with E-state index < -0.39 is 0 Å². The van der Waals surface area contributed by atoms with Crippen LogP contribution in [-0.4, -0.2) is 63.9 Å². The van der Waals surface area contributed by atoms with Crippen molar-refractivity contribution < 1.29 is 9.53 Å². The van der Waals surface area contributed by atoms with Crippen LogP contribution in [0.15, 0.2) is 35.3 Å². The molecular formula is C18H20N6O3. The molecule has 1 N–H and O–H groups in total. The summed E-state index contributed by atoms with van der Waals surface area (Å²) in [7, 11) is 1.64. The van der Waals surface area contributed by atoms with Gasteiger partial charge in [-0.3, -0.25) is 9.59 Å². The van der Waals surface area contributed by atoms with E-state index in [-0.39, 0.29) is 22.7 Å². The molecule has 0 spiro atoms. The summed E-state index contributed by atoms with van der Waals surface area (Å²) in [4.78, 5) is 31.7. The number of methoxy groups -OCH3 is 1. The highest BCUT2D eigenvalue weighted by Gasteiger charge is 2.27. The van der Waals surface area contributed by atoms with Gasteiger partial charge >= 0.3 is 0 Å². The number of rotatable bonds is 3. The maximum absolute atomic E-state index is 12.9. The Morgan fingerprint density at radius 3 is 2.52 bits per heavy atom. The molecule has 0 atom stereocenters. The lowest BCUT2D eigenvalue weighted by Crippen LogP contribution is -2.49. The van der Waals surface area contributed by atoms with Crippen LogP contribution in [0.1, 0.15) is 16.2 Å². The summed E-state index contributed by atoms with van der Waals surface area (Å²) in [5.74, 6) is 0.543. The fourth-order valence-electron chi connectivity index (χ4n) is 3.30. The van der Waals surface area contributed by atoms with Gasteiger partial charge in [-0.15, -0.1) is 5.10 Å². The summed E-state index contributed by atoms with van der Waals surface area (Å²) in [5.41, 5.74) is 1.66. The van der Waals surface area contributed by atoms with Gasteiger partial charge in [0.2, 0.25) is 0 Å². The highest BCUT2D eigenvalue weighted by Crippen LogP contribution is 2.21. The molecule has 0 unspecified atom stereocenters. The fraction of sp³-hybridized carbons (Fsp3) is 0.333. The number of nitrogens with zero attached hydrogens (tertiary/aromatic N) is 5. The van der Waals surface area contributed by atoms with Crippen LogP contribution in [0.4, 0.5) is 5.69 Å². The van der Waals surface area contributed by atoms with Crippen LogP contribution in [0, 0.1) is 6.92 Å². The number of hydrogen-bond donors (Lipinski definition) is 1. The van der Waals surface area contributed by atoms with Crippen LogP contribution in [0.25, 0.3) is 5.52 Å². The number of carbonyl (C=O) groups is 1. The van der Waals surface area contributed by atoms with Crippen molar-refractivity contribution in [2.24, 2.45) is 0 Å². The average molecular weight is 368 g/mol. The summed E-state index contributed by atoms with van der Waals surface area (Å²) in [5, 5.41) is 7.85. The van der Waals surface area contributed by atoms with Gasteiger partial charge in [0.1, 0.15) is 5.75 Å². The molecule has 9 nitrogen and oxygen atoms in total. The van der Waals surface area contributed by atoms with E-state index in [0.717, 1.165) is 11.4 Å². The molecule has 4 rings (SSSR count). The van der Waals surface area contributed by atoms with Gasteiger partial charge in [0.15, 0.2) is 11.2 Å². The number of ether oxygens (including phenoxy) is 1. The number of amides is 1. The SMILES string of the molecule is COc1ccc(N2CCN(C(=O)c3nnn4cc(C)[nH]c(=O)c34)CC2)cc1. The lowest BCUT2D eigenvalue weighted by molar-refractivity contribution is 0.0742. The van der Waals surface area contributed by atoms with Crippen molar-refractivity contribution in [1.82, 2.24) is 24.7 Å². The average Bonchev–Trinajstić information content (AvgIpc) is 3.12. The number of aryl methyl sites for hydroxylation is 1. The third kappa shape index (κ3) is 3.12. The minimum absolute atomic E-state index is 0.0918. The molecule has 1 saturated heterocycles. The van der Waals surface area contributed by atoms with Crippen LogP contribution >= 0.6 is 0 Å². The molecule has 0 bridgehead atoms. The van der Waals surface area contributed by atoms with Crippen molar-refractivity contribution in [3.8, 4) is 5.75 Å². The number of carbonyl (C=O) groups excluding carboxylic acids is 1. The molecule has 1 aromatic carbocycles. The molecule has 1 aliphatic heterocycles. The number of nitrogens with one attached hydrogen (secondary N) is 1. The molecule has 1 fully saturated rings. The van der Waals surface area contributed by atoms with Gasteiger partial charge in [-0.05, 0) is 31.2 Å². The molecule has 2 aromatic heterocycles. The molecule has 0 aliphatic carbocycles. The van der Waals surface area contributed by atoms with Crippen LogP contribution in [-0.2, 0) is 0 Å². The Kier molecular flexibility index (Phi) is 4.27. The molecule has 140 valence electrons. The Labute approximate surface area is 155 Å². The number of aromatic amines is 1. The van der Waals surface area contributed by atoms with Gasteiger partial charge in [0.05, 0.1) is 13.3 Å². The van der Waals surface area contributed by atoms with Crippen LogP contribution in [0.2, 0.25) is 0 Å². The number of hydrogen-bond acceptors (Lipinski definition) is 6. The van der Waals surface area contributed by atoms with Gasteiger partial charge in [0, 0.05) is 37.6 Å². The third-order valence-corrected chi connectivity index (χ3v) is 4.74. The normalized spacial score (nSPS) is 14.6. The Bertz CT molecular complexity index is 1030. The van der Waals surface area contributed by atoms with E-state index in [1.54, 1.807) is 25.1 Å². The second kappa shape index (κ2) is 6.75. The number of benzene rings is 1. The van der Waals surface area contributed by atoms with Crippen LogP contribution in [0.3, 0.4) is 0 Å². The zero-order valence-electron chi connectivity index (χ0n) is 15.2. The van der Waals surface area contributed by atoms with E-state index in [0.29, 0.717) is 31.9 Å². The molecular weight excluding hydrogens is 348 g/mol. The fourth-order valence-corrected chi connectivity index (χ4v) is 3.30. The van der Waals surface area contributed by atoms with E-state index in [9.17, 15) is 9.59 Å². The minimum atomic E-state index is -0.361. The van der Waals surface area contributed by atoms with Crippen molar-refractivity contribution in [2.75, 3.05) is 38.2 Å². The van der Waals surface area contributed by atoms with Gasteiger partial charge in [-0.2, -0.15) is 0 Å². The van der Waals surface area contributed by atoms with E-state index >= 15 is 0 Å². The smallest absolute Gasteiger partial charge is 0.277 e. The van der Waals surface area contributed by atoms with E-state index in [2.05, 4.69) is 20.2 Å². The summed E-state index contributed by atoms with van der Waals surface area (Å²) in [6.07, 6.45) is 1.64. The molecule has 0 saturated carbocycles. The predicted molar refractivity (Wildman–Crippen MR) is 99.5 cm³/mol. The monoisotopic (exact) mass is 368 g/mol. The van der Waals surface area contributed by atoms with Crippen molar-refractivity contribution in [3.63, 3.8) is 0 Å². The molecule has 3 aromatic rings. The topological polar surface area (TPSA) is 95.8 Å². The standard InChI is InChI=1S/C18H20N6O3/c1-12-11-24-16(17(25)19-12)15(20-21-24)18(26)23-9-7-22(8-10-23)13-3-5-14(27-2)6-4-13/h3-6,11H,7-10H2,1-2H3,(H,19,25). The molecule has 0 radical (unpaired) electrons. The summed E-state index contributed by atoms with van der Waals surface area (Å²) in [6.45, 7) is 4.25. The predicted octanol–water partition coefficient (Wildman–Crippen LogP) is 0.697. The lowest BCUT2D eigenvalue weighted by atomic mass is 10.2. The summed E-state index contributed by atoms with van der Waals surface area (Å²) in [6, 6.07) is 7.85. The molecule has 1 aliphatic rings. The lowest BCUT2D eigenvalue weighted by Gasteiger charge is -2.35. The zero-order chi connectivity index (χ0) is 19.0. The highest BCUT2D eigenvalue weighted by atomic mass is 16.5. The first-order chi connectivity index (χ1) is 13.1. The van der Waals surface area contributed by atoms with Crippen LogP contribution in [0.5, 0.6) is 5.75 Å². The van der Waals surface area contributed by atoms with Crippen molar-refractivity contribution >= 4 is 17.1 Å². The maximum atomic E-state index is 12.9. The maximum Gasteiger partial charge on any atom is 0.277 e. The first-order valence-corrected chi connectivity index (χ1v) is 8.70. The third-order valence-electron chi connectivity index (χ3n) is 4.74. The van der Waals surface area contributed by atoms with Gasteiger partial charge in [-0.25, -0.2) is 4.52 Å². The van der Waals surface area contributed by atoms with E-state index in [1.165, 1.54) is 4.52 Å². The minimum Gasteiger partial charge on any atom is -0.497 e. The largest absolute Gasteiger partial charge is 0.497 e.